The Bertz CT molecular complexity index is 802. The molecule has 0 aliphatic heterocycles. The number of rotatable bonds is 6. The number of methoxy groups -OCH3 is 1. The van der Waals surface area contributed by atoms with Gasteiger partial charge in [-0.3, -0.25) is 19.7 Å². The number of anilines is 1. The number of nitro groups is 1. The number of benzene rings is 2. The largest absolute Gasteiger partial charge is 0.497 e. The van der Waals surface area contributed by atoms with Gasteiger partial charge in [-0.15, -0.1) is 0 Å². The van der Waals surface area contributed by atoms with Gasteiger partial charge in [0.05, 0.1) is 29.7 Å². The van der Waals surface area contributed by atoms with Gasteiger partial charge in [0, 0.05) is 19.2 Å². The van der Waals surface area contributed by atoms with Gasteiger partial charge in [-0.1, -0.05) is 12.1 Å². The number of ether oxygens (including phenoxy) is 1. The second-order valence-corrected chi connectivity index (χ2v) is 5.14. The van der Waals surface area contributed by atoms with Crippen LogP contribution in [0.15, 0.2) is 42.5 Å². The van der Waals surface area contributed by atoms with Crippen LogP contribution in [0.2, 0.25) is 0 Å². The number of amides is 2. The lowest BCUT2D eigenvalue weighted by Crippen LogP contribution is -2.22. The second kappa shape index (κ2) is 7.91. The Morgan fingerprint density at radius 2 is 1.84 bits per heavy atom. The van der Waals surface area contributed by atoms with Crippen LogP contribution in [0.1, 0.15) is 15.9 Å². The van der Waals surface area contributed by atoms with E-state index in [9.17, 15) is 19.7 Å². The number of nitro benzene ring substituents is 1. The third kappa shape index (κ3) is 4.54. The van der Waals surface area contributed by atoms with Crippen molar-refractivity contribution in [2.75, 3.05) is 19.5 Å². The standard InChI is InChI=1S/C17H17N3O5/c1-18-17(22)14-10-13(25-2)7-8-15(14)19-16(21)9-11-3-5-12(6-4-11)20(23)24/h3-8,10H,9H2,1-2H3,(H,18,22)(H,19,21). The van der Waals surface area contributed by atoms with Crippen molar-refractivity contribution in [3.8, 4) is 5.75 Å². The van der Waals surface area contributed by atoms with Gasteiger partial charge < -0.3 is 15.4 Å². The van der Waals surface area contributed by atoms with E-state index < -0.39 is 4.92 Å². The number of hydrogen-bond acceptors (Lipinski definition) is 5. The first kappa shape index (κ1) is 17.9. The van der Waals surface area contributed by atoms with E-state index in [1.54, 1.807) is 12.1 Å². The minimum absolute atomic E-state index is 0.0250. The van der Waals surface area contributed by atoms with Gasteiger partial charge in [0.2, 0.25) is 5.91 Å². The predicted octanol–water partition coefficient (Wildman–Crippen LogP) is 2.14. The molecule has 25 heavy (non-hydrogen) atoms. The maximum atomic E-state index is 12.2. The first-order valence-corrected chi connectivity index (χ1v) is 7.38. The maximum absolute atomic E-state index is 12.2. The highest BCUT2D eigenvalue weighted by molar-refractivity contribution is 6.04. The molecule has 8 nitrogen and oxygen atoms in total. The summed E-state index contributed by atoms with van der Waals surface area (Å²) in [6.07, 6.45) is 0.0250. The lowest BCUT2D eigenvalue weighted by atomic mass is 10.1. The normalized spacial score (nSPS) is 10.0. The molecule has 0 unspecified atom stereocenters. The molecular weight excluding hydrogens is 326 g/mol. The van der Waals surface area contributed by atoms with E-state index in [4.69, 9.17) is 4.74 Å². The number of hydrogen-bond donors (Lipinski definition) is 2. The highest BCUT2D eigenvalue weighted by Crippen LogP contribution is 2.22. The molecule has 0 aliphatic carbocycles. The summed E-state index contributed by atoms with van der Waals surface area (Å²) >= 11 is 0. The van der Waals surface area contributed by atoms with Gasteiger partial charge in [0.25, 0.3) is 11.6 Å². The van der Waals surface area contributed by atoms with Crippen molar-refractivity contribution in [1.29, 1.82) is 0 Å². The Morgan fingerprint density at radius 3 is 2.40 bits per heavy atom. The summed E-state index contributed by atoms with van der Waals surface area (Å²) in [5.74, 6) is -0.208. The molecule has 0 spiro atoms. The fourth-order valence-corrected chi connectivity index (χ4v) is 2.20. The summed E-state index contributed by atoms with van der Waals surface area (Å²) in [6, 6.07) is 10.5. The molecule has 0 heterocycles. The Balaban J connectivity index is 2.14. The number of nitrogens with zero attached hydrogens (tertiary/aromatic N) is 1. The average molecular weight is 343 g/mol. The molecule has 0 aliphatic rings. The van der Waals surface area contributed by atoms with Gasteiger partial charge in [-0.05, 0) is 23.8 Å². The molecule has 2 aromatic rings. The van der Waals surface area contributed by atoms with Crippen LogP contribution in [0.25, 0.3) is 0 Å². The summed E-state index contributed by atoms with van der Waals surface area (Å²) < 4.78 is 5.09. The summed E-state index contributed by atoms with van der Waals surface area (Å²) in [5.41, 5.74) is 1.21. The van der Waals surface area contributed by atoms with Crippen LogP contribution in [0.5, 0.6) is 5.75 Å². The van der Waals surface area contributed by atoms with Crippen LogP contribution >= 0.6 is 0 Å². The highest BCUT2D eigenvalue weighted by atomic mass is 16.6. The first-order chi connectivity index (χ1) is 11.9. The molecule has 2 rings (SSSR count). The molecule has 0 bridgehead atoms. The summed E-state index contributed by atoms with van der Waals surface area (Å²) in [5, 5.41) is 15.8. The van der Waals surface area contributed by atoms with Crippen LogP contribution in [0.3, 0.4) is 0 Å². The third-order valence-electron chi connectivity index (χ3n) is 3.48. The van der Waals surface area contributed by atoms with Crippen molar-refractivity contribution < 1.29 is 19.2 Å². The zero-order valence-corrected chi connectivity index (χ0v) is 13.7. The Hall–Kier alpha value is -3.42. The van der Waals surface area contributed by atoms with Crippen LogP contribution < -0.4 is 15.4 Å². The van der Waals surface area contributed by atoms with Crippen molar-refractivity contribution in [3.63, 3.8) is 0 Å². The molecule has 2 amide bonds. The first-order valence-electron chi connectivity index (χ1n) is 7.38. The summed E-state index contributed by atoms with van der Waals surface area (Å²) in [4.78, 5) is 34.3. The minimum atomic E-state index is -0.503. The lowest BCUT2D eigenvalue weighted by Gasteiger charge is -2.12. The van der Waals surface area contributed by atoms with Gasteiger partial charge >= 0.3 is 0 Å². The SMILES string of the molecule is CNC(=O)c1cc(OC)ccc1NC(=O)Cc1ccc([N+](=O)[O-])cc1. The Morgan fingerprint density at radius 1 is 1.16 bits per heavy atom. The van der Waals surface area contributed by atoms with Gasteiger partial charge in [-0.2, -0.15) is 0 Å². The maximum Gasteiger partial charge on any atom is 0.269 e. The monoisotopic (exact) mass is 343 g/mol. The van der Waals surface area contributed by atoms with Crippen molar-refractivity contribution in [1.82, 2.24) is 5.32 Å². The van der Waals surface area contributed by atoms with Crippen LogP contribution in [-0.4, -0.2) is 30.9 Å². The fraction of sp³-hybridized carbons (Fsp3) is 0.176. The summed E-state index contributed by atoms with van der Waals surface area (Å²) in [6.45, 7) is 0. The van der Waals surface area contributed by atoms with Gasteiger partial charge in [0.1, 0.15) is 5.75 Å². The van der Waals surface area contributed by atoms with E-state index in [1.807, 2.05) is 0 Å². The number of non-ortho nitro benzene ring substituents is 1. The van der Waals surface area contributed by atoms with Crippen molar-refractivity contribution in [3.05, 3.63) is 63.7 Å². The predicted molar refractivity (Wildman–Crippen MR) is 91.8 cm³/mol. The molecule has 0 aromatic heterocycles. The topological polar surface area (TPSA) is 111 Å². The summed E-state index contributed by atoms with van der Waals surface area (Å²) in [7, 11) is 2.97. The Kier molecular flexibility index (Phi) is 5.67. The number of carbonyl (C=O) groups excluding carboxylic acids is 2. The molecule has 2 N–H and O–H groups in total. The molecule has 0 saturated carbocycles. The van der Waals surface area contributed by atoms with Crippen LogP contribution in [-0.2, 0) is 11.2 Å². The molecule has 0 atom stereocenters. The Labute approximate surface area is 144 Å². The zero-order valence-electron chi connectivity index (χ0n) is 13.7. The smallest absolute Gasteiger partial charge is 0.269 e. The van der Waals surface area contributed by atoms with Crippen molar-refractivity contribution >= 4 is 23.2 Å². The molecule has 130 valence electrons. The quantitative estimate of drug-likeness (QED) is 0.617. The average Bonchev–Trinajstić information content (AvgIpc) is 2.61. The van der Waals surface area contributed by atoms with Crippen molar-refractivity contribution in [2.45, 2.75) is 6.42 Å². The fourth-order valence-electron chi connectivity index (χ4n) is 2.20. The van der Waals surface area contributed by atoms with E-state index in [2.05, 4.69) is 10.6 Å². The van der Waals surface area contributed by atoms with E-state index in [-0.39, 0.29) is 29.5 Å². The molecule has 0 saturated heterocycles. The molecule has 2 aromatic carbocycles. The molecular formula is C17H17N3O5. The highest BCUT2D eigenvalue weighted by Gasteiger charge is 2.14. The molecule has 0 radical (unpaired) electrons. The molecule has 0 fully saturated rings. The van der Waals surface area contributed by atoms with Gasteiger partial charge in [-0.25, -0.2) is 0 Å². The van der Waals surface area contributed by atoms with Crippen LogP contribution in [0, 0.1) is 10.1 Å². The molecule has 8 heteroatoms. The number of nitrogens with one attached hydrogen (secondary N) is 2. The van der Waals surface area contributed by atoms with E-state index in [0.717, 1.165) is 0 Å². The van der Waals surface area contributed by atoms with E-state index in [0.29, 0.717) is 17.0 Å². The van der Waals surface area contributed by atoms with Crippen LogP contribution in [0.4, 0.5) is 11.4 Å². The van der Waals surface area contributed by atoms with E-state index in [1.165, 1.54) is 44.5 Å². The van der Waals surface area contributed by atoms with E-state index >= 15 is 0 Å². The lowest BCUT2D eigenvalue weighted by molar-refractivity contribution is -0.384. The van der Waals surface area contributed by atoms with Gasteiger partial charge in [0.15, 0.2) is 0 Å². The zero-order chi connectivity index (χ0) is 18.4. The third-order valence-corrected chi connectivity index (χ3v) is 3.48. The minimum Gasteiger partial charge on any atom is -0.497 e. The van der Waals surface area contributed by atoms with Crippen molar-refractivity contribution in [2.24, 2.45) is 0 Å². The second-order valence-electron chi connectivity index (χ2n) is 5.14. The number of carbonyl (C=O) groups is 2.